The molecule has 1 saturated heterocycles. The molecular weight excluding hydrogens is 368 g/mol. The number of sulfonamides is 1. The van der Waals surface area contributed by atoms with Crippen molar-refractivity contribution in [3.05, 3.63) is 28.8 Å². The number of carbonyl (C=O) groups excluding carboxylic acids is 2. The number of benzene rings is 1. The molecular formula is C16H21ClN2O5S. The van der Waals surface area contributed by atoms with Crippen molar-refractivity contribution in [2.45, 2.75) is 24.7 Å². The van der Waals surface area contributed by atoms with Crippen molar-refractivity contribution in [1.82, 2.24) is 9.62 Å². The highest BCUT2D eigenvalue weighted by Crippen LogP contribution is 2.21. The number of nitrogens with one attached hydrogen (secondary N) is 1. The highest BCUT2D eigenvalue weighted by atomic mass is 35.5. The molecule has 0 saturated carbocycles. The maximum atomic E-state index is 12.2. The third-order valence-corrected chi connectivity index (χ3v) is 5.81. The highest BCUT2D eigenvalue weighted by molar-refractivity contribution is 7.89. The van der Waals surface area contributed by atoms with Gasteiger partial charge in [-0.1, -0.05) is 18.5 Å². The second kappa shape index (κ2) is 8.16. The van der Waals surface area contributed by atoms with Crippen molar-refractivity contribution in [1.29, 1.82) is 0 Å². The largest absolute Gasteiger partial charge is 0.452 e. The van der Waals surface area contributed by atoms with Gasteiger partial charge in [0.15, 0.2) is 6.61 Å². The summed E-state index contributed by atoms with van der Waals surface area (Å²) in [6.07, 6.45) is 2.00. The number of ether oxygens (including phenoxy) is 1. The maximum absolute atomic E-state index is 12.2. The minimum atomic E-state index is -3.72. The molecule has 1 aliphatic heterocycles. The molecule has 0 bridgehead atoms. The zero-order valence-electron chi connectivity index (χ0n) is 14.1. The number of piperidine rings is 1. The Morgan fingerprint density at radius 3 is 2.76 bits per heavy atom. The van der Waals surface area contributed by atoms with Crippen molar-refractivity contribution in [3.63, 3.8) is 0 Å². The maximum Gasteiger partial charge on any atom is 0.340 e. The molecule has 138 valence electrons. The number of rotatable bonds is 5. The van der Waals surface area contributed by atoms with Gasteiger partial charge in [-0.2, -0.15) is 0 Å². The Bertz CT molecular complexity index is 766. The summed E-state index contributed by atoms with van der Waals surface area (Å²) in [5.41, 5.74) is -0.0993. The van der Waals surface area contributed by atoms with Crippen LogP contribution >= 0.6 is 11.6 Å². The summed E-state index contributed by atoms with van der Waals surface area (Å²) < 4.78 is 30.8. The molecule has 7 nitrogen and oxygen atoms in total. The number of nitrogens with zero attached hydrogens (tertiary/aromatic N) is 1. The number of hydrogen-bond donors (Lipinski definition) is 1. The van der Waals surface area contributed by atoms with Gasteiger partial charge in [-0.15, -0.1) is 0 Å². The lowest BCUT2D eigenvalue weighted by Crippen LogP contribution is -2.41. The average Bonchev–Trinajstić information content (AvgIpc) is 2.59. The van der Waals surface area contributed by atoms with Crippen LogP contribution in [0.25, 0.3) is 0 Å². The average molecular weight is 389 g/mol. The molecule has 1 atom stereocenters. The molecule has 1 N–H and O–H groups in total. The molecule has 1 heterocycles. The predicted octanol–water partition coefficient (Wildman–Crippen LogP) is 1.66. The number of amides is 1. The summed E-state index contributed by atoms with van der Waals surface area (Å²) in [7, 11) is -2.45. The second-order valence-corrected chi connectivity index (χ2v) is 8.31. The minimum absolute atomic E-state index is 0.0547. The van der Waals surface area contributed by atoms with Crippen LogP contribution in [0, 0.1) is 5.92 Å². The first kappa shape index (κ1) is 19.7. The van der Waals surface area contributed by atoms with Gasteiger partial charge in [0.25, 0.3) is 5.91 Å². The molecule has 0 radical (unpaired) electrons. The minimum Gasteiger partial charge on any atom is -0.452 e. The fourth-order valence-electron chi connectivity index (χ4n) is 2.66. The Morgan fingerprint density at radius 2 is 2.12 bits per heavy atom. The van der Waals surface area contributed by atoms with Crippen molar-refractivity contribution < 1.29 is 22.7 Å². The molecule has 2 rings (SSSR count). The summed E-state index contributed by atoms with van der Waals surface area (Å²) in [5, 5.41) is 0.0547. The zero-order valence-corrected chi connectivity index (χ0v) is 15.7. The van der Waals surface area contributed by atoms with E-state index in [0.717, 1.165) is 18.9 Å². The fourth-order valence-corrected chi connectivity index (χ4v) is 3.61. The van der Waals surface area contributed by atoms with Gasteiger partial charge in [-0.25, -0.2) is 17.9 Å². The first-order valence-electron chi connectivity index (χ1n) is 7.92. The molecule has 1 amide bonds. The van der Waals surface area contributed by atoms with Crippen molar-refractivity contribution in [3.8, 4) is 0 Å². The van der Waals surface area contributed by atoms with Gasteiger partial charge >= 0.3 is 5.97 Å². The molecule has 0 spiro atoms. The van der Waals surface area contributed by atoms with Crippen LogP contribution < -0.4 is 4.72 Å². The van der Waals surface area contributed by atoms with Gasteiger partial charge < -0.3 is 9.64 Å². The van der Waals surface area contributed by atoms with E-state index in [1.807, 2.05) is 0 Å². The molecule has 25 heavy (non-hydrogen) atoms. The highest BCUT2D eigenvalue weighted by Gasteiger charge is 2.23. The van der Waals surface area contributed by atoms with Crippen LogP contribution in [0.5, 0.6) is 0 Å². The van der Waals surface area contributed by atoms with Crippen LogP contribution in [0.4, 0.5) is 0 Å². The Hall–Kier alpha value is -1.64. The van der Waals surface area contributed by atoms with E-state index < -0.39 is 22.6 Å². The molecule has 9 heteroatoms. The third-order valence-electron chi connectivity index (χ3n) is 4.07. The van der Waals surface area contributed by atoms with Gasteiger partial charge in [0, 0.05) is 13.1 Å². The van der Waals surface area contributed by atoms with Gasteiger partial charge in [0.1, 0.15) is 0 Å². The molecule has 0 aliphatic carbocycles. The number of carbonyl (C=O) groups is 2. The Balaban J connectivity index is 2.05. The van der Waals surface area contributed by atoms with E-state index >= 15 is 0 Å². The monoisotopic (exact) mass is 388 g/mol. The lowest BCUT2D eigenvalue weighted by molar-refractivity contribution is -0.136. The van der Waals surface area contributed by atoms with E-state index in [1.165, 1.54) is 19.2 Å². The van der Waals surface area contributed by atoms with Crippen LogP contribution in [-0.4, -0.2) is 51.9 Å². The van der Waals surface area contributed by atoms with Gasteiger partial charge in [0.05, 0.1) is 15.5 Å². The molecule has 1 aliphatic rings. The first-order chi connectivity index (χ1) is 11.7. The van der Waals surface area contributed by atoms with Crippen LogP contribution in [0.15, 0.2) is 23.1 Å². The Kier molecular flexibility index (Phi) is 6.42. The summed E-state index contributed by atoms with van der Waals surface area (Å²) in [5.74, 6) is -0.683. The second-order valence-electron chi connectivity index (χ2n) is 6.01. The van der Waals surface area contributed by atoms with Crippen molar-refractivity contribution >= 4 is 33.5 Å². The SMILES string of the molecule is CNS(=O)(=O)c1ccc(Cl)c(C(=O)OCC(=O)N2CCC[C@H](C)C2)c1. The zero-order chi connectivity index (χ0) is 18.6. The van der Waals surface area contributed by atoms with Crippen molar-refractivity contribution in [2.75, 3.05) is 26.7 Å². The quantitative estimate of drug-likeness (QED) is 0.774. The number of likely N-dealkylation sites (tertiary alicyclic amines) is 1. The normalized spacial score (nSPS) is 18.0. The summed E-state index contributed by atoms with van der Waals surface area (Å²) in [4.78, 5) is 25.9. The van der Waals surface area contributed by atoms with Crippen molar-refractivity contribution in [2.24, 2.45) is 5.92 Å². The van der Waals surface area contributed by atoms with Crippen LogP contribution in [0.3, 0.4) is 0 Å². The van der Waals surface area contributed by atoms with E-state index in [-0.39, 0.29) is 21.4 Å². The molecule has 1 aromatic carbocycles. The Morgan fingerprint density at radius 1 is 1.40 bits per heavy atom. The lowest BCUT2D eigenvalue weighted by atomic mass is 10.0. The third kappa shape index (κ3) is 4.93. The van der Waals surface area contributed by atoms with Crippen LogP contribution in [-0.2, 0) is 19.6 Å². The standard InChI is InChI=1S/C16H21ClN2O5S/c1-11-4-3-7-19(9-11)15(20)10-24-16(21)13-8-12(5-6-14(13)17)25(22,23)18-2/h5-6,8,11,18H,3-4,7,9-10H2,1-2H3/t11-/m0/s1. The number of halogens is 1. The fraction of sp³-hybridized carbons (Fsp3) is 0.500. The molecule has 0 aromatic heterocycles. The summed E-state index contributed by atoms with van der Waals surface area (Å²) in [6, 6.07) is 3.71. The Labute approximate surface area is 152 Å². The lowest BCUT2D eigenvalue weighted by Gasteiger charge is -2.30. The topological polar surface area (TPSA) is 92.8 Å². The van der Waals surface area contributed by atoms with Gasteiger partial charge in [-0.3, -0.25) is 4.79 Å². The van der Waals surface area contributed by atoms with E-state index in [9.17, 15) is 18.0 Å². The van der Waals surface area contributed by atoms with E-state index in [4.69, 9.17) is 16.3 Å². The number of hydrogen-bond acceptors (Lipinski definition) is 5. The van der Waals surface area contributed by atoms with Gasteiger partial charge in [-0.05, 0) is 44.0 Å². The van der Waals surface area contributed by atoms with Crippen LogP contribution in [0.1, 0.15) is 30.1 Å². The van der Waals surface area contributed by atoms with Crippen LogP contribution in [0.2, 0.25) is 5.02 Å². The predicted molar refractivity (Wildman–Crippen MR) is 93.0 cm³/mol. The smallest absolute Gasteiger partial charge is 0.340 e. The molecule has 1 aromatic rings. The first-order valence-corrected chi connectivity index (χ1v) is 9.78. The summed E-state index contributed by atoms with van der Waals surface area (Å²) in [6.45, 7) is 2.97. The summed E-state index contributed by atoms with van der Waals surface area (Å²) >= 11 is 5.96. The molecule has 1 fully saturated rings. The van der Waals surface area contributed by atoms with E-state index in [2.05, 4.69) is 11.6 Å². The van der Waals surface area contributed by atoms with Gasteiger partial charge in [0.2, 0.25) is 10.0 Å². The number of esters is 1. The van der Waals surface area contributed by atoms with E-state index in [0.29, 0.717) is 19.0 Å². The molecule has 0 unspecified atom stereocenters. The van der Waals surface area contributed by atoms with E-state index in [1.54, 1.807) is 4.90 Å².